The lowest BCUT2D eigenvalue weighted by molar-refractivity contribution is 0.597. The van der Waals surface area contributed by atoms with Gasteiger partial charge in [0.25, 0.3) is 0 Å². The molecule has 0 aliphatic rings. The molecule has 0 atom stereocenters. The molecule has 0 aliphatic heterocycles. The fourth-order valence-corrected chi connectivity index (χ4v) is 2.18. The molecule has 5 heteroatoms. The summed E-state index contributed by atoms with van der Waals surface area (Å²) in [5.41, 5.74) is 1.78. The molecule has 0 amide bonds. The Hall–Kier alpha value is -0.580. The van der Waals surface area contributed by atoms with Crippen LogP contribution in [0.4, 0.5) is 0 Å². The van der Waals surface area contributed by atoms with Gasteiger partial charge in [0, 0.05) is 0 Å². The quantitative estimate of drug-likeness (QED) is 0.847. The number of benzene rings is 1. The predicted molar refractivity (Wildman–Crippen MR) is 59.2 cm³/mol. The number of aryl methyl sites for hydroxylation is 1. The Balaban J connectivity index is 0.00000169. The van der Waals surface area contributed by atoms with Crippen molar-refractivity contribution < 1.29 is 8.42 Å². The van der Waals surface area contributed by atoms with E-state index < -0.39 is 10.0 Å². The molecule has 14 heavy (non-hydrogen) atoms. The molecule has 1 aromatic rings. The van der Waals surface area contributed by atoms with Gasteiger partial charge in [0.1, 0.15) is 0 Å². The van der Waals surface area contributed by atoms with Crippen molar-refractivity contribution in [2.45, 2.75) is 25.2 Å². The number of halogens is 1. The molecular formula is C9H14ClNO2S. The number of primary sulfonamides is 1. The third-order valence-corrected chi connectivity index (χ3v) is 3.14. The van der Waals surface area contributed by atoms with Crippen molar-refractivity contribution in [3.8, 4) is 0 Å². The monoisotopic (exact) mass is 235 g/mol. The zero-order valence-electron chi connectivity index (χ0n) is 8.15. The second-order valence-corrected chi connectivity index (χ2v) is 4.47. The molecule has 0 saturated carbocycles. The van der Waals surface area contributed by atoms with Crippen molar-refractivity contribution in [3.63, 3.8) is 0 Å². The molecule has 0 heterocycles. The van der Waals surface area contributed by atoms with Crippen LogP contribution in [0.1, 0.15) is 18.1 Å². The van der Waals surface area contributed by atoms with Crippen LogP contribution in [0, 0.1) is 6.92 Å². The van der Waals surface area contributed by atoms with Crippen LogP contribution >= 0.6 is 12.4 Å². The predicted octanol–water partition coefficient (Wildman–Crippen LogP) is 1.63. The van der Waals surface area contributed by atoms with E-state index in [0.29, 0.717) is 0 Å². The van der Waals surface area contributed by atoms with E-state index in [1.54, 1.807) is 13.0 Å². The first kappa shape index (κ1) is 13.4. The normalized spacial score (nSPS) is 10.8. The van der Waals surface area contributed by atoms with Crippen LogP contribution in [0.15, 0.2) is 23.1 Å². The third kappa shape index (κ3) is 2.70. The molecule has 0 spiro atoms. The number of hydrogen-bond donors (Lipinski definition) is 1. The Bertz CT molecular complexity index is 415. The summed E-state index contributed by atoms with van der Waals surface area (Å²) < 4.78 is 22.2. The molecule has 2 N–H and O–H groups in total. The Morgan fingerprint density at radius 2 is 1.93 bits per heavy atom. The first-order valence-electron chi connectivity index (χ1n) is 4.08. The number of rotatable bonds is 2. The number of hydrogen-bond acceptors (Lipinski definition) is 2. The van der Waals surface area contributed by atoms with Gasteiger partial charge in [-0.1, -0.05) is 19.1 Å². The molecule has 0 radical (unpaired) electrons. The molecule has 0 saturated heterocycles. The van der Waals surface area contributed by atoms with Gasteiger partial charge in [-0.15, -0.1) is 12.4 Å². The van der Waals surface area contributed by atoms with Gasteiger partial charge in [0.2, 0.25) is 10.0 Å². The molecule has 1 rings (SSSR count). The third-order valence-electron chi connectivity index (χ3n) is 2.08. The van der Waals surface area contributed by atoms with E-state index in [9.17, 15) is 8.42 Å². The van der Waals surface area contributed by atoms with Gasteiger partial charge in [-0.3, -0.25) is 0 Å². The number of sulfonamides is 1. The van der Waals surface area contributed by atoms with Crippen molar-refractivity contribution in [1.82, 2.24) is 0 Å². The molecule has 80 valence electrons. The minimum atomic E-state index is -3.57. The lowest BCUT2D eigenvalue weighted by Crippen LogP contribution is -2.14. The molecule has 0 aliphatic carbocycles. The standard InChI is InChI=1S/C9H13NO2S.ClH/c1-3-8-5-4-6-9(7(8)2)13(10,11)12;/h4-6H,3H2,1-2H3,(H2,10,11,12);1H. The Kier molecular flexibility index (Phi) is 4.58. The minimum absolute atomic E-state index is 0. The second kappa shape index (κ2) is 4.77. The van der Waals surface area contributed by atoms with E-state index in [4.69, 9.17) is 5.14 Å². The van der Waals surface area contributed by atoms with Gasteiger partial charge in [-0.05, 0) is 30.5 Å². The van der Waals surface area contributed by atoms with Crippen molar-refractivity contribution in [3.05, 3.63) is 29.3 Å². The highest BCUT2D eigenvalue weighted by atomic mass is 35.5. The summed E-state index contributed by atoms with van der Waals surface area (Å²) in [6.07, 6.45) is 0.815. The Morgan fingerprint density at radius 3 is 2.36 bits per heavy atom. The van der Waals surface area contributed by atoms with Crippen molar-refractivity contribution in [2.75, 3.05) is 0 Å². The van der Waals surface area contributed by atoms with E-state index in [1.807, 2.05) is 13.0 Å². The molecule has 0 fully saturated rings. The van der Waals surface area contributed by atoms with Gasteiger partial charge in [0.15, 0.2) is 0 Å². The van der Waals surface area contributed by atoms with Crippen LogP contribution in [0.25, 0.3) is 0 Å². The second-order valence-electron chi connectivity index (χ2n) is 2.94. The van der Waals surface area contributed by atoms with Crippen LogP contribution in [0.5, 0.6) is 0 Å². The van der Waals surface area contributed by atoms with Crippen LogP contribution in [0.2, 0.25) is 0 Å². The van der Waals surface area contributed by atoms with E-state index in [2.05, 4.69) is 0 Å². The summed E-state index contributed by atoms with van der Waals surface area (Å²) in [6.45, 7) is 3.76. The summed E-state index contributed by atoms with van der Waals surface area (Å²) in [5, 5.41) is 5.05. The van der Waals surface area contributed by atoms with Crippen LogP contribution < -0.4 is 5.14 Å². The summed E-state index contributed by atoms with van der Waals surface area (Å²) >= 11 is 0. The Morgan fingerprint density at radius 1 is 1.36 bits per heavy atom. The van der Waals surface area contributed by atoms with Crippen molar-refractivity contribution in [2.24, 2.45) is 5.14 Å². The summed E-state index contributed by atoms with van der Waals surface area (Å²) in [7, 11) is -3.57. The lowest BCUT2D eigenvalue weighted by atomic mass is 10.1. The van der Waals surface area contributed by atoms with Crippen LogP contribution in [-0.2, 0) is 16.4 Å². The minimum Gasteiger partial charge on any atom is -0.225 e. The summed E-state index contributed by atoms with van der Waals surface area (Å²) in [4.78, 5) is 0.229. The van der Waals surface area contributed by atoms with Gasteiger partial charge in [0.05, 0.1) is 4.90 Å². The van der Waals surface area contributed by atoms with Gasteiger partial charge in [-0.25, -0.2) is 13.6 Å². The first-order valence-corrected chi connectivity index (χ1v) is 5.62. The molecule has 0 unspecified atom stereocenters. The zero-order chi connectivity index (χ0) is 10.1. The van der Waals surface area contributed by atoms with E-state index in [-0.39, 0.29) is 17.3 Å². The highest BCUT2D eigenvalue weighted by Crippen LogP contribution is 2.17. The zero-order valence-corrected chi connectivity index (χ0v) is 9.78. The topological polar surface area (TPSA) is 60.2 Å². The fraction of sp³-hybridized carbons (Fsp3) is 0.333. The molecular weight excluding hydrogens is 222 g/mol. The van der Waals surface area contributed by atoms with Gasteiger partial charge < -0.3 is 0 Å². The summed E-state index contributed by atoms with van der Waals surface area (Å²) in [6, 6.07) is 5.15. The highest BCUT2D eigenvalue weighted by Gasteiger charge is 2.12. The average Bonchev–Trinajstić information content (AvgIpc) is 2.02. The average molecular weight is 236 g/mol. The van der Waals surface area contributed by atoms with Crippen LogP contribution in [0.3, 0.4) is 0 Å². The highest BCUT2D eigenvalue weighted by molar-refractivity contribution is 7.89. The van der Waals surface area contributed by atoms with Gasteiger partial charge in [-0.2, -0.15) is 0 Å². The van der Waals surface area contributed by atoms with Gasteiger partial charge >= 0.3 is 0 Å². The molecule has 0 bridgehead atoms. The SMILES string of the molecule is CCc1cccc(S(N)(=O)=O)c1C.Cl. The molecule has 0 aromatic heterocycles. The largest absolute Gasteiger partial charge is 0.238 e. The summed E-state index contributed by atoms with van der Waals surface area (Å²) in [5.74, 6) is 0. The molecule has 1 aromatic carbocycles. The Labute approximate surface area is 90.8 Å². The van der Waals surface area contributed by atoms with Crippen molar-refractivity contribution >= 4 is 22.4 Å². The van der Waals surface area contributed by atoms with Crippen LogP contribution in [-0.4, -0.2) is 8.42 Å². The first-order chi connectivity index (χ1) is 5.96. The van der Waals surface area contributed by atoms with Crippen molar-refractivity contribution in [1.29, 1.82) is 0 Å². The van der Waals surface area contributed by atoms with E-state index in [0.717, 1.165) is 17.5 Å². The number of nitrogens with two attached hydrogens (primary N) is 1. The van der Waals surface area contributed by atoms with E-state index in [1.165, 1.54) is 6.07 Å². The molecule has 3 nitrogen and oxygen atoms in total. The fourth-order valence-electron chi connectivity index (χ4n) is 1.35. The van der Waals surface area contributed by atoms with E-state index >= 15 is 0 Å². The maximum Gasteiger partial charge on any atom is 0.238 e. The lowest BCUT2D eigenvalue weighted by Gasteiger charge is -2.07. The maximum atomic E-state index is 11.1. The maximum absolute atomic E-state index is 11.1. The smallest absolute Gasteiger partial charge is 0.225 e.